The fourth-order valence-corrected chi connectivity index (χ4v) is 1.35. The third-order valence-electron chi connectivity index (χ3n) is 2.21. The topological polar surface area (TPSA) is 64.8 Å². The van der Waals surface area contributed by atoms with Crippen molar-refractivity contribution in [2.75, 3.05) is 26.3 Å². The first-order chi connectivity index (χ1) is 8.10. The van der Waals surface area contributed by atoms with Crippen LogP contribution in [0, 0.1) is 12.3 Å². The van der Waals surface area contributed by atoms with E-state index in [1.54, 1.807) is 4.90 Å². The molecule has 0 bridgehead atoms. The average Bonchev–Trinajstić information content (AvgIpc) is 2.34. The number of hydrogen-bond acceptors (Lipinski definition) is 4. The lowest BCUT2D eigenvalue weighted by molar-refractivity contribution is -0.158. The second-order valence-corrected chi connectivity index (χ2v) is 3.36. The Morgan fingerprint density at radius 3 is 2.24 bits per heavy atom. The SMILES string of the molecule is C#C[C@H](N)C(=O)N(CC)CC(OCC)OCC. The summed E-state index contributed by atoms with van der Waals surface area (Å²) in [5, 5.41) is 0. The molecule has 2 N–H and O–H groups in total. The summed E-state index contributed by atoms with van der Waals surface area (Å²) in [5.41, 5.74) is 5.51. The van der Waals surface area contributed by atoms with Gasteiger partial charge in [-0.2, -0.15) is 0 Å². The van der Waals surface area contributed by atoms with Gasteiger partial charge in [0.25, 0.3) is 5.91 Å². The van der Waals surface area contributed by atoms with Crippen LogP contribution >= 0.6 is 0 Å². The zero-order valence-corrected chi connectivity index (χ0v) is 10.8. The number of hydrogen-bond donors (Lipinski definition) is 1. The van der Waals surface area contributed by atoms with Crippen LogP contribution in [-0.2, 0) is 14.3 Å². The Kier molecular flexibility index (Phi) is 8.42. The van der Waals surface area contributed by atoms with E-state index < -0.39 is 12.3 Å². The highest BCUT2D eigenvalue weighted by atomic mass is 16.7. The molecule has 98 valence electrons. The van der Waals surface area contributed by atoms with E-state index in [0.29, 0.717) is 26.3 Å². The molecule has 0 rings (SSSR count). The maximum atomic E-state index is 11.8. The molecule has 0 fully saturated rings. The van der Waals surface area contributed by atoms with Gasteiger partial charge < -0.3 is 20.1 Å². The van der Waals surface area contributed by atoms with Crippen molar-refractivity contribution in [1.82, 2.24) is 4.90 Å². The summed E-state index contributed by atoms with van der Waals surface area (Å²) < 4.78 is 10.7. The van der Waals surface area contributed by atoms with Gasteiger partial charge in [-0.1, -0.05) is 5.92 Å². The number of likely N-dealkylation sites (N-methyl/N-ethyl adjacent to an activating group) is 1. The molecular formula is C12H22N2O3. The van der Waals surface area contributed by atoms with E-state index in [0.717, 1.165) is 0 Å². The van der Waals surface area contributed by atoms with Crippen LogP contribution in [0.25, 0.3) is 0 Å². The van der Waals surface area contributed by atoms with Crippen LogP contribution in [0.2, 0.25) is 0 Å². The number of amides is 1. The molecule has 0 saturated heterocycles. The molecule has 0 aliphatic heterocycles. The average molecular weight is 242 g/mol. The predicted octanol–water partition coefficient (Wildman–Crippen LogP) is 0.195. The molecule has 0 heterocycles. The summed E-state index contributed by atoms with van der Waals surface area (Å²) in [7, 11) is 0. The highest BCUT2D eigenvalue weighted by molar-refractivity contribution is 5.84. The van der Waals surface area contributed by atoms with Crippen LogP contribution in [0.15, 0.2) is 0 Å². The van der Waals surface area contributed by atoms with Crippen molar-refractivity contribution in [2.45, 2.75) is 33.1 Å². The lowest BCUT2D eigenvalue weighted by Crippen LogP contribution is -2.47. The van der Waals surface area contributed by atoms with E-state index in [4.69, 9.17) is 21.6 Å². The van der Waals surface area contributed by atoms with Crippen LogP contribution in [0.4, 0.5) is 0 Å². The summed E-state index contributed by atoms with van der Waals surface area (Å²) in [5.74, 6) is 1.94. The van der Waals surface area contributed by atoms with Gasteiger partial charge in [0.1, 0.15) is 6.04 Å². The van der Waals surface area contributed by atoms with Crippen LogP contribution < -0.4 is 5.73 Å². The van der Waals surface area contributed by atoms with Crippen molar-refractivity contribution in [1.29, 1.82) is 0 Å². The third-order valence-corrected chi connectivity index (χ3v) is 2.21. The highest BCUT2D eigenvalue weighted by Crippen LogP contribution is 2.02. The number of carbonyl (C=O) groups is 1. The Morgan fingerprint density at radius 2 is 1.88 bits per heavy atom. The summed E-state index contributed by atoms with van der Waals surface area (Å²) in [6.07, 6.45) is 4.70. The van der Waals surface area contributed by atoms with Crippen molar-refractivity contribution in [3.05, 3.63) is 0 Å². The largest absolute Gasteiger partial charge is 0.351 e. The van der Waals surface area contributed by atoms with Gasteiger partial charge >= 0.3 is 0 Å². The number of ether oxygens (including phenoxy) is 2. The highest BCUT2D eigenvalue weighted by Gasteiger charge is 2.21. The monoisotopic (exact) mass is 242 g/mol. The van der Waals surface area contributed by atoms with E-state index >= 15 is 0 Å². The van der Waals surface area contributed by atoms with Crippen molar-refractivity contribution < 1.29 is 14.3 Å². The number of carbonyl (C=O) groups excluding carboxylic acids is 1. The molecule has 5 heteroatoms. The zero-order valence-electron chi connectivity index (χ0n) is 10.8. The third kappa shape index (κ3) is 5.68. The normalized spacial score (nSPS) is 12.2. The zero-order chi connectivity index (χ0) is 13.3. The standard InChI is InChI=1S/C12H22N2O3/c1-5-10(13)12(15)14(6-2)9-11(16-7-3)17-8-4/h1,10-11H,6-9,13H2,2-4H3/t10-/m0/s1. The van der Waals surface area contributed by atoms with Crippen LogP contribution in [-0.4, -0.2) is 49.4 Å². The Hall–Kier alpha value is -1.09. The van der Waals surface area contributed by atoms with Crippen molar-refractivity contribution in [3.8, 4) is 12.3 Å². The van der Waals surface area contributed by atoms with Gasteiger partial charge in [0.2, 0.25) is 0 Å². The van der Waals surface area contributed by atoms with Gasteiger partial charge in [0.05, 0.1) is 6.54 Å². The molecule has 0 unspecified atom stereocenters. The van der Waals surface area contributed by atoms with Crippen LogP contribution in [0.5, 0.6) is 0 Å². The maximum absolute atomic E-state index is 11.8. The summed E-state index contributed by atoms with van der Waals surface area (Å²) in [4.78, 5) is 13.3. The number of terminal acetylenes is 1. The first-order valence-corrected chi connectivity index (χ1v) is 5.84. The summed E-state index contributed by atoms with van der Waals surface area (Å²) in [6.45, 7) is 7.51. The fourth-order valence-electron chi connectivity index (χ4n) is 1.35. The van der Waals surface area contributed by atoms with E-state index in [-0.39, 0.29) is 5.91 Å². The Bertz CT molecular complexity index is 257. The van der Waals surface area contributed by atoms with E-state index in [1.165, 1.54) is 0 Å². The van der Waals surface area contributed by atoms with E-state index in [1.807, 2.05) is 20.8 Å². The Morgan fingerprint density at radius 1 is 1.35 bits per heavy atom. The van der Waals surface area contributed by atoms with E-state index in [2.05, 4.69) is 5.92 Å². The lowest BCUT2D eigenvalue weighted by Gasteiger charge is -2.27. The summed E-state index contributed by atoms with van der Waals surface area (Å²) >= 11 is 0. The minimum absolute atomic E-state index is 0.278. The first kappa shape index (κ1) is 15.9. The quantitative estimate of drug-likeness (QED) is 0.487. The van der Waals surface area contributed by atoms with Gasteiger partial charge in [0.15, 0.2) is 6.29 Å². The molecular weight excluding hydrogens is 220 g/mol. The second-order valence-electron chi connectivity index (χ2n) is 3.36. The van der Waals surface area contributed by atoms with Crippen LogP contribution in [0.1, 0.15) is 20.8 Å². The molecule has 0 radical (unpaired) electrons. The molecule has 0 aromatic heterocycles. The van der Waals surface area contributed by atoms with Crippen LogP contribution in [0.3, 0.4) is 0 Å². The van der Waals surface area contributed by atoms with E-state index in [9.17, 15) is 4.79 Å². The van der Waals surface area contributed by atoms with Gasteiger partial charge in [-0.15, -0.1) is 6.42 Å². The van der Waals surface area contributed by atoms with Gasteiger partial charge in [-0.25, -0.2) is 0 Å². The molecule has 17 heavy (non-hydrogen) atoms. The van der Waals surface area contributed by atoms with Gasteiger partial charge in [-0.3, -0.25) is 4.79 Å². The number of rotatable bonds is 8. The second kappa shape index (κ2) is 8.99. The maximum Gasteiger partial charge on any atom is 0.252 e. The molecule has 0 spiro atoms. The molecule has 0 aliphatic rings. The molecule has 0 saturated carbocycles. The molecule has 0 aliphatic carbocycles. The number of nitrogens with two attached hydrogens (primary N) is 1. The van der Waals surface area contributed by atoms with Crippen molar-refractivity contribution in [2.24, 2.45) is 5.73 Å². The smallest absolute Gasteiger partial charge is 0.252 e. The minimum Gasteiger partial charge on any atom is -0.351 e. The number of nitrogens with zero attached hydrogens (tertiary/aromatic N) is 1. The van der Waals surface area contributed by atoms with Gasteiger partial charge in [0, 0.05) is 19.8 Å². The van der Waals surface area contributed by atoms with Crippen molar-refractivity contribution >= 4 is 5.91 Å². The van der Waals surface area contributed by atoms with Gasteiger partial charge in [-0.05, 0) is 20.8 Å². The molecule has 0 aromatic rings. The molecule has 0 aromatic carbocycles. The Balaban J connectivity index is 4.44. The predicted molar refractivity (Wildman–Crippen MR) is 66.1 cm³/mol. The molecule has 1 atom stereocenters. The summed E-state index contributed by atoms with van der Waals surface area (Å²) in [6, 6.07) is -0.904. The fraction of sp³-hybridized carbons (Fsp3) is 0.750. The molecule has 1 amide bonds. The van der Waals surface area contributed by atoms with Crippen molar-refractivity contribution in [3.63, 3.8) is 0 Å². The first-order valence-electron chi connectivity index (χ1n) is 5.84. The molecule has 5 nitrogen and oxygen atoms in total. The lowest BCUT2D eigenvalue weighted by atomic mass is 10.2. The Labute approximate surface area is 103 Å². The minimum atomic E-state index is -0.904.